The molecule has 0 aliphatic rings. The summed E-state index contributed by atoms with van der Waals surface area (Å²) in [5.74, 6) is 0.394. The molecule has 0 atom stereocenters. The largest absolute Gasteiger partial charge is 0.505 e. The number of aromatic hydroxyl groups is 1. The lowest BCUT2D eigenvalue weighted by atomic mass is 10.0. The van der Waals surface area contributed by atoms with Gasteiger partial charge in [0.2, 0.25) is 0 Å². The number of nitrogens with zero attached hydrogens (tertiary/aromatic N) is 3. The van der Waals surface area contributed by atoms with E-state index in [0.717, 1.165) is 24.1 Å². The topological polar surface area (TPSA) is 34.0 Å². The Balaban J connectivity index is 1.95. The van der Waals surface area contributed by atoms with Crippen molar-refractivity contribution in [2.24, 2.45) is 0 Å². The number of fused-ring (bicyclic) bond motifs is 4. The van der Waals surface area contributed by atoms with Gasteiger partial charge in [0.15, 0.2) is 0 Å². The van der Waals surface area contributed by atoms with Gasteiger partial charge in [-0.05, 0) is 42.2 Å². The smallest absolute Gasteiger partial charge is 0.146 e. The molecule has 0 bridgehead atoms. The van der Waals surface area contributed by atoms with Crippen LogP contribution in [0.15, 0.2) is 36.4 Å². The van der Waals surface area contributed by atoms with Crippen molar-refractivity contribution in [3.05, 3.63) is 47.5 Å². The molecule has 4 rings (SSSR count). The van der Waals surface area contributed by atoms with Gasteiger partial charge in [0.1, 0.15) is 22.5 Å². The number of para-hydroxylation sites is 2. The number of aromatic nitrogens is 3. The van der Waals surface area contributed by atoms with E-state index >= 15 is 0 Å². The fourth-order valence-corrected chi connectivity index (χ4v) is 2.87. The maximum Gasteiger partial charge on any atom is 0.146 e. The summed E-state index contributed by atoms with van der Waals surface area (Å²) in [4.78, 5) is 2.03. The van der Waals surface area contributed by atoms with Crippen LogP contribution in [0.25, 0.3) is 16.7 Å². The summed E-state index contributed by atoms with van der Waals surface area (Å²) in [6.07, 6.45) is 1.81. The molecular formula is C16H17N3O. The first-order valence-electron chi connectivity index (χ1n) is 7.10. The Morgan fingerprint density at radius 3 is 2.15 bits per heavy atom. The molecule has 102 valence electrons. The van der Waals surface area contributed by atoms with Crippen LogP contribution in [-0.2, 0) is 12.8 Å². The van der Waals surface area contributed by atoms with E-state index in [4.69, 9.17) is 0 Å². The molecule has 2 aromatic carbocycles. The summed E-state index contributed by atoms with van der Waals surface area (Å²) in [5, 5.41) is 10.5. The highest BCUT2D eigenvalue weighted by Gasteiger charge is 2.26. The Kier molecular flexibility index (Phi) is 2.19. The van der Waals surface area contributed by atoms with E-state index in [9.17, 15) is 5.11 Å². The summed E-state index contributed by atoms with van der Waals surface area (Å²) < 4.78 is 4.15. The molecule has 0 amide bonds. The average Bonchev–Trinajstić information content (AvgIpc) is 3.13. The van der Waals surface area contributed by atoms with Gasteiger partial charge in [0.05, 0.1) is 0 Å². The minimum Gasteiger partial charge on any atom is -0.505 e. The van der Waals surface area contributed by atoms with Gasteiger partial charge in [-0.15, -0.1) is 14.1 Å². The van der Waals surface area contributed by atoms with Gasteiger partial charge in [-0.1, -0.05) is 32.0 Å². The normalized spacial score (nSPS) is 12.1. The maximum atomic E-state index is 10.5. The van der Waals surface area contributed by atoms with Crippen LogP contribution in [0.2, 0.25) is 0 Å². The molecule has 4 nitrogen and oxygen atoms in total. The SMILES string of the molecule is CCc1cc(CC)c(O)c(-n2n3c4ccccc4n23)c1. The molecule has 0 aliphatic heterocycles. The van der Waals surface area contributed by atoms with Crippen LogP contribution < -0.4 is 0 Å². The van der Waals surface area contributed by atoms with Crippen LogP contribution in [0.3, 0.4) is 0 Å². The van der Waals surface area contributed by atoms with E-state index in [0.29, 0.717) is 5.75 Å². The van der Waals surface area contributed by atoms with Gasteiger partial charge in [0.25, 0.3) is 0 Å². The Morgan fingerprint density at radius 2 is 1.60 bits per heavy atom. The van der Waals surface area contributed by atoms with Crippen molar-refractivity contribution in [2.75, 3.05) is 0 Å². The number of phenols is 1. The highest BCUT2D eigenvalue weighted by atomic mass is 16.3. The quantitative estimate of drug-likeness (QED) is 0.607. The third-order valence-electron chi connectivity index (χ3n) is 4.05. The van der Waals surface area contributed by atoms with Crippen LogP contribution in [0.5, 0.6) is 5.75 Å². The third-order valence-corrected chi connectivity index (χ3v) is 4.05. The Hall–Kier alpha value is -2.36. The first kappa shape index (κ1) is 11.5. The zero-order valence-electron chi connectivity index (χ0n) is 11.7. The van der Waals surface area contributed by atoms with E-state index < -0.39 is 0 Å². The molecule has 2 heterocycles. The second-order valence-corrected chi connectivity index (χ2v) is 5.19. The molecule has 0 unspecified atom stereocenters. The zero-order chi connectivity index (χ0) is 13.9. The maximum absolute atomic E-state index is 10.5. The number of benzene rings is 2. The second-order valence-electron chi connectivity index (χ2n) is 5.19. The predicted molar refractivity (Wildman–Crippen MR) is 79.3 cm³/mol. The minimum absolute atomic E-state index is 0.394. The van der Waals surface area contributed by atoms with E-state index in [1.54, 1.807) is 0 Å². The lowest BCUT2D eigenvalue weighted by molar-refractivity contribution is 0.465. The van der Waals surface area contributed by atoms with Crippen LogP contribution in [0.1, 0.15) is 25.0 Å². The molecule has 2 aromatic heterocycles. The van der Waals surface area contributed by atoms with E-state index in [1.807, 2.05) is 16.9 Å². The summed E-state index contributed by atoms with van der Waals surface area (Å²) in [7, 11) is 0. The van der Waals surface area contributed by atoms with E-state index in [2.05, 4.69) is 47.4 Å². The summed E-state index contributed by atoms with van der Waals surface area (Å²) >= 11 is 0. The van der Waals surface area contributed by atoms with Crippen molar-refractivity contribution < 1.29 is 5.11 Å². The molecule has 0 fully saturated rings. The molecule has 1 N–H and O–H groups in total. The molecule has 20 heavy (non-hydrogen) atoms. The number of rotatable bonds is 3. The first-order chi connectivity index (χ1) is 9.76. The summed E-state index contributed by atoms with van der Waals surface area (Å²) in [6, 6.07) is 12.4. The average molecular weight is 267 g/mol. The highest BCUT2D eigenvalue weighted by molar-refractivity contribution is 5.79. The molecule has 0 spiro atoms. The molecule has 0 radical (unpaired) electrons. The molecule has 0 saturated carbocycles. The predicted octanol–water partition coefficient (Wildman–Crippen LogP) is 3.25. The monoisotopic (exact) mass is 267 g/mol. The second kappa shape index (κ2) is 3.82. The summed E-state index contributed by atoms with van der Waals surface area (Å²) in [6.45, 7) is 4.21. The Bertz CT molecular complexity index is 852. The van der Waals surface area contributed by atoms with Gasteiger partial charge >= 0.3 is 0 Å². The number of hydrogen-bond donors (Lipinski definition) is 1. The number of phenolic OH excluding ortho intramolecular Hbond substituents is 1. The lowest BCUT2D eigenvalue weighted by Crippen LogP contribution is -1.94. The molecular weight excluding hydrogens is 250 g/mol. The van der Waals surface area contributed by atoms with Crippen molar-refractivity contribution in [3.63, 3.8) is 0 Å². The first-order valence-corrected chi connectivity index (χ1v) is 7.10. The van der Waals surface area contributed by atoms with Crippen LogP contribution in [0, 0.1) is 0 Å². The van der Waals surface area contributed by atoms with Gasteiger partial charge in [0, 0.05) is 0 Å². The van der Waals surface area contributed by atoms with E-state index in [-0.39, 0.29) is 0 Å². The highest BCUT2D eigenvalue weighted by Crippen LogP contribution is 2.33. The fraction of sp³-hybridized carbons (Fsp3) is 0.250. The van der Waals surface area contributed by atoms with Gasteiger partial charge < -0.3 is 5.11 Å². The van der Waals surface area contributed by atoms with Crippen molar-refractivity contribution in [1.82, 2.24) is 14.1 Å². The van der Waals surface area contributed by atoms with Crippen molar-refractivity contribution in [1.29, 1.82) is 0 Å². The molecule has 4 aromatic rings. The molecule has 0 saturated heterocycles. The number of hydrogen-bond acceptors (Lipinski definition) is 1. The molecule has 4 heteroatoms. The minimum atomic E-state index is 0.394. The Labute approximate surface area is 116 Å². The van der Waals surface area contributed by atoms with Crippen LogP contribution in [0.4, 0.5) is 0 Å². The van der Waals surface area contributed by atoms with Gasteiger partial charge in [-0.25, -0.2) is 0 Å². The van der Waals surface area contributed by atoms with Crippen LogP contribution >= 0.6 is 0 Å². The zero-order valence-corrected chi connectivity index (χ0v) is 11.7. The van der Waals surface area contributed by atoms with Gasteiger partial charge in [-0.2, -0.15) is 0 Å². The van der Waals surface area contributed by atoms with E-state index in [1.165, 1.54) is 16.6 Å². The third kappa shape index (κ3) is 1.31. The lowest BCUT2D eigenvalue weighted by Gasteiger charge is -2.08. The van der Waals surface area contributed by atoms with Gasteiger partial charge in [-0.3, -0.25) is 0 Å². The standard InChI is InChI=1S/C16H17N3O/c1-3-11-9-12(4-2)16(20)15(10-11)19-17-13-7-5-6-8-14(13)18(17)19/h5-10,20H,3-4H2,1-2H3. The van der Waals surface area contributed by atoms with Crippen molar-refractivity contribution in [2.45, 2.75) is 26.7 Å². The van der Waals surface area contributed by atoms with Crippen molar-refractivity contribution in [3.8, 4) is 11.4 Å². The van der Waals surface area contributed by atoms with Crippen molar-refractivity contribution >= 4 is 11.0 Å². The number of aryl methyl sites for hydroxylation is 2. The molecule has 0 aliphatic carbocycles. The fourth-order valence-electron chi connectivity index (χ4n) is 2.87. The van der Waals surface area contributed by atoms with Crippen LogP contribution in [-0.4, -0.2) is 19.2 Å². The summed E-state index contributed by atoms with van der Waals surface area (Å²) in [5.41, 5.74) is 5.51. The Morgan fingerprint density at radius 1 is 0.950 bits per heavy atom.